The van der Waals surface area contributed by atoms with Crippen LogP contribution >= 0.6 is 0 Å². The Morgan fingerprint density at radius 1 is 1.43 bits per heavy atom. The van der Waals surface area contributed by atoms with Gasteiger partial charge < -0.3 is 9.64 Å². The average Bonchev–Trinajstić information content (AvgIpc) is 3.19. The largest absolute Gasteiger partial charge is 0.469 e. The number of aromatic amines is 1. The van der Waals surface area contributed by atoms with E-state index in [1.54, 1.807) is 4.90 Å². The van der Waals surface area contributed by atoms with Crippen LogP contribution < -0.4 is 0 Å². The Morgan fingerprint density at radius 2 is 2.14 bits per heavy atom. The summed E-state index contributed by atoms with van der Waals surface area (Å²) in [5.74, 6) is 1.13. The van der Waals surface area contributed by atoms with E-state index in [0.29, 0.717) is 24.9 Å². The van der Waals surface area contributed by atoms with Crippen molar-refractivity contribution in [2.24, 2.45) is 5.92 Å². The first-order chi connectivity index (χ1) is 10.0. The van der Waals surface area contributed by atoms with Crippen LogP contribution in [0.1, 0.15) is 55.5 Å². The molecule has 0 unspecified atom stereocenters. The summed E-state index contributed by atoms with van der Waals surface area (Å²) in [4.78, 5) is 29.6. The fraction of sp³-hybridized carbons (Fsp3) is 0.714. The Morgan fingerprint density at radius 3 is 2.71 bits per heavy atom. The van der Waals surface area contributed by atoms with Gasteiger partial charge in [-0.05, 0) is 18.8 Å². The van der Waals surface area contributed by atoms with Crippen molar-refractivity contribution in [3.63, 3.8) is 0 Å². The van der Waals surface area contributed by atoms with Gasteiger partial charge in [-0.15, -0.1) is 5.10 Å². The summed E-state index contributed by atoms with van der Waals surface area (Å²) < 4.78 is 4.62. The van der Waals surface area contributed by atoms with E-state index in [1.165, 1.54) is 7.11 Å². The van der Waals surface area contributed by atoms with Gasteiger partial charge in [-0.2, -0.15) is 0 Å². The number of hydrogen-bond acceptors (Lipinski definition) is 5. The summed E-state index contributed by atoms with van der Waals surface area (Å²) in [6.45, 7) is 4.91. The normalized spacial score (nSPS) is 14.3. The van der Waals surface area contributed by atoms with E-state index in [1.807, 2.05) is 13.8 Å². The second kappa shape index (κ2) is 6.69. The topological polar surface area (TPSA) is 88.2 Å². The molecular formula is C14H22N4O3. The molecule has 0 aromatic carbocycles. The second-order valence-electron chi connectivity index (χ2n) is 5.79. The number of hydrogen-bond donors (Lipinski definition) is 1. The van der Waals surface area contributed by atoms with Gasteiger partial charge >= 0.3 is 5.97 Å². The van der Waals surface area contributed by atoms with Gasteiger partial charge in [0.2, 0.25) is 5.82 Å². The van der Waals surface area contributed by atoms with E-state index >= 15 is 0 Å². The maximum atomic E-state index is 12.5. The fourth-order valence-corrected chi connectivity index (χ4v) is 2.10. The van der Waals surface area contributed by atoms with E-state index < -0.39 is 0 Å². The highest BCUT2D eigenvalue weighted by Gasteiger charge is 2.29. The number of methoxy groups -OCH3 is 1. The third-order valence-electron chi connectivity index (χ3n) is 3.34. The first-order valence-corrected chi connectivity index (χ1v) is 7.29. The van der Waals surface area contributed by atoms with Gasteiger partial charge in [0.05, 0.1) is 13.5 Å². The molecule has 0 bridgehead atoms. The Bertz CT molecular complexity index is 508. The quantitative estimate of drug-likeness (QED) is 0.767. The summed E-state index contributed by atoms with van der Waals surface area (Å²) >= 11 is 0. The van der Waals surface area contributed by atoms with Crippen molar-refractivity contribution >= 4 is 11.9 Å². The molecule has 1 aromatic heterocycles. The third-order valence-corrected chi connectivity index (χ3v) is 3.34. The molecule has 116 valence electrons. The van der Waals surface area contributed by atoms with Crippen LogP contribution in [0.25, 0.3) is 0 Å². The summed E-state index contributed by atoms with van der Waals surface area (Å²) in [7, 11) is 1.34. The standard InChI is InChI=1S/C14H22N4O3/c1-9(2)8-18(7-6-11(19)21-3)14(20)13-15-12(16-17-13)10-4-5-10/h9-10H,4-8H2,1-3H3,(H,15,16,17). The van der Waals surface area contributed by atoms with Crippen LogP contribution in [0.4, 0.5) is 0 Å². The Kier molecular flexibility index (Phi) is 4.93. The van der Waals surface area contributed by atoms with Crippen molar-refractivity contribution in [1.29, 1.82) is 0 Å². The van der Waals surface area contributed by atoms with E-state index in [0.717, 1.165) is 18.7 Å². The molecule has 1 heterocycles. The second-order valence-corrected chi connectivity index (χ2v) is 5.79. The monoisotopic (exact) mass is 294 g/mol. The zero-order valence-electron chi connectivity index (χ0n) is 12.8. The van der Waals surface area contributed by atoms with Crippen LogP contribution in [0, 0.1) is 5.92 Å². The first-order valence-electron chi connectivity index (χ1n) is 7.29. The van der Waals surface area contributed by atoms with Gasteiger partial charge in [-0.1, -0.05) is 13.8 Å². The predicted octanol–water partition coefficient (Wildman–Crippen LogP) is 1.34. The lowest BCUT2D eigenvalue weighted by Gasteiger charge is -2.22. The number of nitrogens with zero attached hydrogens (tertiary/aromatic N) is 3. The van der Waals surface area contributed by atoms with Gasteiger partial charge in [0.1, 0.15) is 5.82 Å². The van der Waals surface area contributed by atoms with Gasteiger partial charge in [-0.25, -0.2) is 4.98 Å². The highest BCUT2D eigenvalue weighted by atomic mass is 16.5. The molecule has 1 aliphatic rings. The number of H-pyrrole nitrogens is 1. The molecular weight excluding hydrogens is 272 g/mol. The van der Waals surface area contributed by atoms with Gasteiger partial charge in [0.25, 0.3) is 5.91 Å². The lowest BCUT2D eigenvalue weighted by molar-refractivity contribution is -0.140. The Labute approximate surface area is 124 Å². The van der Waals surface area contributed by atoms with Crippen LogP contribution in [0.3, 0.4) is 0 Å². The SMILES string of the molecule is COC(=O)CCN(CC(C)C)C(=O)c1n[nH]c(C2CC2)n1. The van der Waals surface area contributed by atoms with Gasteiger partial charge in [0.15, 0.2) is 0 Å². The number of carbonyl (C=O) groups is 2. The summed E-state index contributed by atoms with van der Waals surface area (Å²) in [5.41, 5.74) is 0. The molecule has 1 fully saturated rings. The number of ether oxygens (including phenoxy) is 1. The minimum absolute atomic E-state index is 0.175. The van der Waals surface area contributed by atoms with Crippen molar-refractivity contribution in [2.75, 3.05) is 20.2 Å². The molecule has 2 rings (SSSR count). The first kappa shape index (κ1) is 15.5. The van der Waals surface area contributed by atoms with Crippen LogP contribution in [0.15, 0.2) is 0 Å². The highest BCUT2D eigenvalue weighted by Crippen LogP contribution is 2.37. The fourth-order valence-electron chi connectivity index (χ4n) is 2.10. The van der Waals surface area contributed by atoms with Crippen LogP contribution in [0.5, 0.6) is 0 Å². The zero-order valence-corrected chi connectivity index (χ0v) is 12.8. The van der Waals surface area contributed by atoms with Crippen molar-refractivity contribution in [3.8, 4) is 0 Å². The molecule has 7 heteroatoms. The molecule has 0 radical (unpaired) electrons. The Hall–Kier alpha value is -1.92. The minimum atomic E-state index is -0.329. The molecule has 0 aliphatic heterocycles. The van der Waals surface area contributed by atoms with Crippen molar-refractivity contribution in [3.05, 3.63) is 11.6 Å². The molecule has 0 spiro atoms. The maximum Gasteiger partial charge on any atom is 0.307 e. The van der Waals surface area contributed by atoms with Gasteiger partial charge in [-0.3, -0.25) is 14.7 Å². The van der Waals surface area contributed by atoms with E-state index in [-0.39, 0.29) is 24.1 Å². The van der Waals surface area contributed by atoms with Gasteiger partial charge in [0, 0.05) is 19.0 Å². The minimum Gasteiger partial charge on any atom is -0.469 e. The zero-order chi connectivity index (χ0) is 15.4. The average molecular weight is 294 g/mol. The highest BCUT2D eigenvalue weighted by molar-refractivity contribution is 5.90. The molecule has 1 N–H and O–H groups in total. The number of rotatable bonds is 7. The summed E-state index contributed by atoms with van der Waals surface area (Å²) in [5, 5.41) is 6.84. The summed E-state index contributed by atoms with van der Waals surface area (Å²) in [6, 6.07) is 0. The van der Waals surface area contributed by atoms with E-state index in [9.17, 15) is 9.59 Å². The molecule has 7 nitrogen and oxygen atoms in total. The molecule has 1 amide bonds. The molecule has 0 saturated heterocycles. The predicted molar refractivity (Wildman–Crippen MR) is 75.7 cm³/mol. The summed E-state index contributed by atoms with van der Waals surface area (Å²) in [6.07, 6.45) is 2.37. The lowest BCUT2D eigenvalue weighted by atomic mass is 10.2. The molecule has 1 saturated carbocycles. The van der Waals surface area contributed by atoms with E-state index in [4.69, 9.17) is 0 Å². The number of carbonyl (C=O) groups excluding carboxylic acids is 2. The van der Waals surface area contributed by atoms with Crippen LogP contribution in [-0.2, 0) is 9.53 Å². The molecule has 1 aromatic rings. The van der Waals surface area contributed by atoms with E-state index in [2.05, 4.69) is 19.9 Å². The third kappa shape index (κ3) is 4.27. The molecule has 21 heavy (non-hydrogen) atoms. The number of nitrogens with one attached hydrogen (secondary N) is 1. The maximum absolute atomic E-state index is 12.5. The lowest BCUT2D eigenvalue weighted by Crippen LogP contribution is -2.36. The van der Waals surface area contributed by atoms with Crippen molar-refractivity contribution in [2.45, 2.75) is 39.0 Å². The smallest absolute Gasteiger partial charge is 0.307 e. The molecule has 1 aliphatic carbocycles. The Balaban J connectivity index is 2.02. The van der Waals surface area contributed by atoms with Crippen LogP contribution in [0.2, 0.25) is 0 Å². The van der Waals surface area contributed by atoms with Crippen LogP contribution in [-0.4, -0.2) is 52.2 Å². The number of aromatic nitrogens is 3. The van der Waals surface area contributed by atoms with Crippen molar-refractivity contribution in [1.82, 2.24) is 20.1 Å². The molecule has 0 atom stereocenters. The number of amides is 1. The van der Waals surface area contributed by atoms with Crippen molar-refractivity contribution < 1.29 is 14.3 Å². The number of esters is 1.